The van der Waals surface area contributed by atoms with E-state index in [2.05, 4.69) is 15.9 Å². The van der Waals surface area contributed by atoms with Gasteiger partial charge in [0.25, 0.3) is 0 Å². The lowest BCUT2D eigenvalue weighted by Crippen LogP contribution is -1.87. The quantitative estimate of drug-likeness (QED) is 0.684. The first-order chi connectivity index (χ1) is 5.16. The number of rotatable bonds is 1. The Morgan fingerprint density at radius 1 is 1.55 bits per heavy atom. The van der Waals surface area contributed by atoms with Gasteiger partial charge in [0.05, 0.1) is 16.6 Å². The van der Waals surface area contributed by atoms with Crippen LogP contribution >= 0.6 is 27.5 Å². The fraction of sp³-hybridized carbons (Fsp3) is 0.143. The maximum Gasteiger partial charge on any atom is 0.159 e. The van der Waals surface area contributed by atoms with Crippen LogP contribution in [0.1, 0.15) is 0 Å². The van der Waals surface area contributed by atoms with Gasteiger partial charge in [0.15, 0.2) is 5.82 Å². The highest BCUT2D eigenvalue weighted by molar-refractivity contribution is 9.10. The van der Waals surface area contributed by atoms with Crippen molar-refractivity contribution < 1.29 is 9.13 Å². The molecule has 0 aliphatic heterocycles. The maximum absolute atomic E-state index is 12.9. The Hall–Kier alpha value is -0.280. The molecule has 60 valence electrons. The average molecular weight is 239 g/mol. The SMILES string of the molecule is COc1ccc(Cl)c(F)c1Br. The first kappa shape index (κ1) is 8.81. The van der Waals surface area contributed by atoms with Crippen LogP contribution < -0.4 is 4.74 Å². The summed E-state index contributed by atoms with van der Waals surface area (Å²) in [5.74, 6) is -0.0575. The van der Waals surface area contributed by atoms with Crippen LogP contribution in [-0.4, -0.2) is 7.11 Å². The first-order valence-electron chi connectivity index (χ1n) is 2.84. The van der Waals surface area contributed by atoms with Crippen molar-refractivity contribution in [1.29, 1.82) is 0 Å². The number of methoxy groups -OCH3 is 1. The van der Waals surface area contributed by atoms with E-state index in [1.165, 1.54) is 13.2 Å². The van der Waals surface area contributed by atoms with E-state index in [0.717, 1.165) is 0 Å². The number of hydrogen-bond donors (Lipinski definition) is 0. The summed E-state index contributed by atoms with van der Waals surface area (Å²) in [4.78, 5) is 0. The fourth-order valence-corrected chi connectivity index (χ4v) is 1.45. The standard InChI is InChI=1S/C7H5BrClFO/c1-11-5-3-2-4(9)7(10)6(5)8/h2-3H,1H3. The number of ether oxygens (including phenoxy) is 1. The number of halogens is 3. The second kappa shape index (κ2) is 3.41. The first-order valence-corrected chi connectivity index (χ1v) is 4.01. The van der Waals surface area contributed by atoms with Gasteiger partial charge in [0.1, 0.15) is 5.75 Å². The van der Waals surface area contributed by atoms with Crippen molar-refractivity contribution in [1.82, 2.24) is 0 Å². The van der Waals surface area contributed by atoms with Gasteiger partial charge in [-0.1, -0.05) is 11.6 Å². The van der Waals surface area contributed by atoms with Crippen LogP contribution in [0, 0.1) is 5.82 Å². The topological polar surface area (TPSA) is 9.23 Å². The van der Waals surface area contributed by atoms with E-state index in [-0.39, 0.29) is 9.50 Å². The van der Waals surface area contributed by atoms with Gasteiger partial charge in [0.2, 0.25) is 0 Å². The molecule has 0 heterocycles. The van der Waals surface area contributed by atoms with E-state index in [0.29, 0.717) is 5.75 Å². The predicted molar refractivity (Wildman–Crippen MR) is 45.7 cm³/mol. The summed E-state index contributed by atoms with van der Waals surface area (Å²) in [5, 5.41) is 0.0812. The Balaban J connectivity index is 3.25. The molecule has 1 rings (SSSR count). The summed E-state index contributed by atoms with van der Waals surface area (Å²) in [7, 11) is 1.47. The second-order valence-electron chi connectivity index (χ2n) is 1.88. The maximum atomic E-state index is 12.9. The molecule has 0 aliphatic rings. The summed E-state index contributed by atoms with van der Waals surface area (Å²) in [6.07, 6.45) is 0. The number of hydrogen-bond acceptors (Lipinski definition) is 1. The molecular formula is C7H5BrClFO. The van der Waals surface area contributed by atoms with Crippen LogP contribution in [0.4, 0.5) is 4.39 Å². The second-order valence-corrected chi connectivity index (χ2v) is 3.08. The minimum Gasteiger partial charge on any atom is -0.495 e. The van der Waals surface area contributed by atoms with E-state index in [4.69, 9.17) is 16.3 Å². The molecule has 4 heteroatoms. The van der Waals surface area contributed by atoms with Crippen LogP contribution in [0.5, 0.6) is 5.75 Å². The highest BCUT2D eigenvalue weighted by atomic mass is 79.9. The highest BCUT2D eigenvalue weighted by Gasteiger charge is 2.08. The van der Waals surface area contributed by atoms with E-state index in [1.807, 2.05) is 0 Å². The molecule has 0 saturated heterocycles. The van der Waals surface area contributed by atoms with Crippen molar-refractivity contribution >= 4 is 27.5 Å². The molecule has 0 bridgehead atoms. The Bertz CT molecular complexity index is 277. The van der Waals surface area contributed by atoms with Crippen LogP contribution in [-0.2, 0) is 0 Å². The van der Waals surface area contributed by atoms with Gasteiger partial charge in [-0.3, -0.25) is 0 Å². The van der Waals surface area contributed by atoms with Crippen LogP contribution in [0.25, 0.3) is 0 Å². The molecule has 0 spiro atoms. The van der Waals surface area contributed by atoms with Crippen LogP contribution in [0.3, 0.4) is 0 Å². The van der Waals surface area contributed by atoms with Gasteiger partial charge in [-0.15, -0.1) is 0 Å². The smallest absolute Gasteiger partial charge is 0.159 e. The summed E-state index contributed by atoms with van der Waals surface area (Å²) in [5.41, 5.74) is 0. The molecule has 1 nitrogen and oxygen atoms in total. The fourth-order valence-electron chi connectivity index (χ4n) is 0.666. The molecule has 0 radical (unpaired) electrons. The Labute approximate surface area is 77.2 Å². The Morgan fingerprint density at radius 3 is 2.73 bits per heavy atom. The summed E-state index contributed by atoms with van der Waals surface area (Å²) < 4.78 is 18.0. The van der Waals surface area contributed by atoms with E-state index >= 15 is 0 Å². The largest absolute Gasteiger partial charge is 0.495 e. The molecule has 0 unspecified atom stereocenters. The van der Waals surface area contributed by atoms with Gasteiger partial charge < -0.3 is 4.74 Å². The lowest BCUT2D eigenvalue weighted by molar-refractivity contribution is 0.408. The van der Waals surface area contributed by atoms with E-state index in [1.54, 1.807) is 6.07 Å². The Kier molecular flexibility index (Phi) is 2.73. The number of benzene rings is 1. The molecule has 0 N–H and O–H groups in total. The monoisotopic (exact) mass is 238 g/mol. The van der Waals surface area contributed by atoms with E-state index < -0.39 is 5.82 Å². The average Bonchev–Trinajstić information content (AvgIpc) is 2.01. The van der Waals surface area contributed by atoms with Crippen LogP contribution in [0.2, 0.25) is 5.02 Å². The third-order valence-electron chi connectivity index (χ3n) is 1.22. The van der Waals surface area contributed by atoms with Crippen molar-refractivity contribution in [3.05, 3.63) is 27.4 Å². The zero-order valence-corrected chi connectivity index (χ0v) is 8.04. The molecule has 0 aliphatic carbocycles. The lowest BCUT2D eigenvalue weighted by Gasteiger charge is -2.03. The van der Waals surface area contributed by atoms with Gasteiger partial charge >= 0.3 is 0 Å². The molecule has 11 heavy (non-hydrogen) atoms. The normalized spacial score (nSPS) is 9.82. The van der Waals surface area contributed by atoms with Crippen molar-refractivity contribution in [3.63, 3.8) is 0 Å². The van der Waals surface area contributed by atoms with Crippen LogP contribution in [0.15, 0.2) is 16.6 Å². The zero-order chi connectivity index (χ0) is 8.43. The molecule has 0 amide bonds. The van der Waals surface area contributed by atoms with Crippen molar-refractivity contribution in [2.45, 2.75) is 0 Å². The third-order valence-corrected chi connectivity index (χ3v) is 2.25. The van der Waals surface area contributed by atoms with Crippen molar-refractivity contribution in [2.24, 2.45) is 0 Å². The molecule has 1 aromatic carbocycles. The zero-order valence-electron chi connectivity index (χ0n) is 5.70. The third kappa shape index (κ3) is 1.65. The molecule has 0 saturated carbocycles. The lowest BCUT2D eigenvalue weighted by atomic mass is 10.3. The van der Waals surface area contributed by atoms with Gasteiger partial charge in [-0.25, -0.2) is 4.39 Å². The summed E-state index contributed by atoms with van der Waals surface area (Å²) >= 11 is 8.49. The minimum absolute atomic E-state index is 0.0812. The summed E-state index contributed by atoms with van der Waals surface area (Å²) in [6, 6.07) is 3.04. The van der Waals surface area contributed by atoms with Crippen molar-refractivity contribution in [2.75, 3.05) is 7.11 Å². The molecule has 1 aromatic rings. The minimum atomic E-state index is -0.494. The van der Waals surface area contributed by atoms with E-state index in [9.17, 15) is 4.39 Å². The van der Waals surface area contributed by atoms with Gasteiger partial charge in [0, 0.05) is 0 Å². The van der Waals surface area contributed by atoms with Crippen molar-refractivity contribution in [3.8, 4) is 5.75 Å². The predicted octanol–water partition coefficient (Wildman–Crippen LogP) is 3.25. The molecule has 0 atom stereocenters. The van der Waals surface area contributed by atoms with Gasteiger partial charge in [-0.2, -0.15) is 0 Å². The molecule has 0 aromatic heterocycles. The Morgan fingerprint density at radius 2 is 2.18 bits per heavy atom. The molecular weight excluding hydrogens is 234 g/mol. The summed E-state index contributed by atoms with van der Waals surface area (Å²) in [6.45, 7) is 0. The highest BCUT2D eigenvalue weighted by Crippen LogP contribution is 2.31. The van der Waals surface area contributed by atoms with Gasteiger partial charge in [-0.05, 0) is 28.1 Å². The molecule has 0 fully saturated rings.